The molecule has 1 saturated heterocycles. The number of hydrazine groups is 1. The number of aromatic nitrogens is 3. The van der Waals surface area contributed by atoms with E-state index in [1.165, 1.54) is 19.3 Å². The van der Waals surface area contributed by atoms with E-state index in [4.69, 9.17) is 5.84 Å². The number of nitrogens with two attached hydrogens (primary N) is 1. The van der Waals surface area contributed by atoms with Crippen LogP contribution in [0.25, 0.3) is 0 Å². The van der Waals surface area contributed by atoms with Gasteiger partial charge in [0.2, 0.25) is 17.8 Å². The maximum atomic E-state index is 5.45. The van der Waals surface area contributed by atoms with E-state index in [2.05, 4.69) is 37.5 Å². The molecular weight excluding hydrogens is 242 g/mol. The van der Waals surface area contributed by atoms with Crippen molar-refractivity contribution in [2.75, 3.05) is 28.7 Å². The van der Waals surface area contributed by atoms with Crippen LogP contribution >= 0.6 is 0 Å². The summed E-state index contributed by atoms with van der Waals surface area (Å²) < 4.78 is 0. The SMILES string of the molecule is CC1(Nc2nc(NN)nc(N3CCCCC3)n2)CC1. The van der Waals surface area contributed by atoms with E-state index in [0.29, 0.717) is 11.9 Å². The minimum atomic E-state index is 0.145. The lowest BCUT2D eigenvalue weighted by atomic mass is 10.1. The third-order valence-corrected chi connectivity index (χ3v) is 3.81. The molecule has 2 heterocycles. The highest BCUT2D eigenvalue weighted by molar-refractivity contribution is 5.45. The molecule has 4 N–H and O–H groups in total. The van der Waals surface area contributed by atoms with Crippen molar-refractivity contribution < 1.29 is 0 Å². The van der Waals surface area contributed by atoms with Crippen LogP contribution in [0.2, 0.25) is 0 Å². The Morgan fingerprint density at radius 2 is 1.74 bits per heavy atom. The standard InChI is InChI=1S/C12H21N7/c1-12(5-6-12)17-9-14-10(18-13)16-11(15-9)19-7-3-2-4-8-19/h2-8,13H2,1H3,(H2,14,15,16,17,18). The Labute approximate surface area is 113 Å². The molecule has 0 atom stereocenters. The predicted molar refractivity (Wildman–Crippen MR) is 75.0 cm³/mol. The molecule has 1 saturated carbocycles. The van der Waals surface area contributed by atoms with Crippen molar-refractivity contribution in [1.29, 1.82) is 0 Å². The zero-order valence-corrected chi connectivity index (χ0v) is 11.3. The Morgan fingerprint density at radius 1 is 1.05 bits per heavy atom. The van der Waals surface area contributed by atoms with Crippen LogP contribution < -0.4 is 21.5 Å². The van der Waals surface area contributed by atoms with Crippen molar-refractivity contribution in [3.8, 4) is 0 Å². The van der Waals surface area contributed by atoms with E-state index in [-0.39, 0.29) is 5.54 Å². The molecule has 0 radical (unpaired) electrons. The second-order valence-electron chi connectivity index (χ2n) is 5.66. The number of piperidine rings is 1. The van der Waals surface area contributed by atoms with Gasteiger partial charge in [0.15, 0.2) is 0 Å². The van der Waals surface area contributed by atoms with Crippen molar-refractivity contribution in [2.24, 2.45) is 5.84 Å². The fourth-order valence-corrected chi connectivity index (χ4v) is 2.30. The lowest BCUT2D eigenvalue weighted by Gasteiger charge is -2.27. The minimum Gasteiger partial charge on any atom is -0.349 e. The molecule has 7 heteroatoms. The maximum absolute atomic E-state index is 5.45. The van der Waals surface area contributed by atoms with E-state index >= 15 is 0 Å². The number of hydrogen-bond acceptors (Lipinski definition) is 7. The zero-order valence-electron chi connectivity index (χ0n) is 11.3. The summed E-state index contributed by atoms with van der Waals surface area (Å²) in [6.45, 7) is 4.18. The van der Waals surface area contributed by atoms with Gasteiger partial charge >= 0.3 is 0 Å². The molecule has 104 valence electrons. The summed E-state index contributed by atoms with van der Waals surface area (Å²) in [6.07, 6.45) is 5.98. The third-order valence-electron chi connectivity index (χ3n) is 3.81. The van der Waals surface area contributed by atoms with Gasteiger partial charge in [0.05, 0.1) is 0 Å². The van der Waals surface area contributed by atoms with Crippen molar-refractivity contribution >= 4 is 17.8 Å². The van der Waals surface area contributed by atoms with Gasteiger partial charge in [-0.05, 0) is 39.0 Å². The topological polar surface area (TPSA) is 92.0 Å². The fourth-order valence-electron chi connectivity index (χ4n) is 2.30. The molecular formula is C12H21N7. The summed E-state index contributed by atoms with van der Waals surface area (Å²) in [5.74, 6) is 7.20. The molecule has 19 heavy (non-hydrogen) atoms. The summed E-state index contributed by atoms with van der Waals surface area (Å²) in [6, 6.07) is 0. The van der Waals surface area contributed by atoms with Crippen LogP contribution in [0.4, 0.5) is 17.8 Å². The lowest BCUT2D eigenvalue weighted by Crippen LogP contribution is -2.32. The number of anilines is 3. The molecule has 0 bridgehead atoms. The van der Waals surface area contributed by atoms with Crippen molar-refractivity contribution in [3.05, 3.63) is 0 Å². The molecule has 0 spiro atoms. The second-order valence-corrected chi connectivity index (χ2v) is 5.66. The number of nitrogen functional groups attached to an aromatic ring is 1. The van der Waals surface area contributed by atoms with Gasteiger partial charge in [0, 0.05) is 18.6 Å². The van der Waals surface area contributed by atoms with Crippen LogP contribution in [0.1, 0.15) is 39.0 Å². The van der Waals surface area contributed by atoms with E-state index in [1.807, 2.05) is 0 Å². The van der Waals surface area contributed by atoms with Crippen LogP contribution in [0.5, 0.6) is 0 Å². The minimum absolute atomic E-state index is 0.145. The highest BCUT2D eigenvalue weighted by Gasteiger charge is 2.38. The quantitative estimate of drug-likeness (QED) is 0.553. The Morgan fingerprint density at radius 3 is 2.37 bits per heavy atom. The second kappa shape index (κ2) is 4.80. The summed E-state index contributed by atoms with van der Waals surface area (Å²) >= 11 is 0. The van der Waals surface area contributed by atoms with Crippen molar-refractivity contribution in [1.82, 2.24) is 15.0 Å². The number of rotatable bonds is 4. The summed E-state index contributed by atoms with van der Waals surface area (Å²) in [5.41, 5.74) is 2.67. The van der Waals surface area contributed by atoms with E-state index < -0.39 is 0 Å². The molecule has 1 aromatic heterocycles. The van der Waals surface area contributed by atoms with E-state index in [1.54, 1.807) is 0 Å². The molecule has 1 aliphatic carbocycles. The van der Waals surface area contributed by atoms with Gasteiger partial charge in [-0.25, -0.2) is 5.84 Å². The molecule has 3 rings (SSSR count). The van der Waals surface area contributed by atoms with Gasteiger partial charge in [0.1, 0.15) is 0 Å². The Bertz CT molecular complexity index is 451. The average molecular weight is 263 g/mol. The van der Waals surface area contributed by atoms with Gasteiger partial charge in [-0.15, -0.1) is 0 Å². The van der Waals surface area contributed by atoms with E-state index in [0.717, 1.165) is 31.9 Å². The number of nitrogens with zero attached hydrogens (tertiary/aromatic N) is 4. The van der Waals surface area contributed by atoms with Crippen LogP contribution in [-0.2, 0) is 0 Å². The smallest absolute Gasteiger partial charge is 0.243 e. The van der Waals surface area contributed by atoms with Gasteiger partial charge in [-0.1, -0.05) is 0 Å². The molecule has 0 amide bonds. The molecule has 0 unspecified atom stereocenters. The first-order valence-electron chi connectivity index (χ1n) is 6.94. The maximum Gasteiger partial charge on any atom is 0.243 e. The molecule has 1 aromatic rings. The van der Waals surface area contributed by atoms with Crippen LogP contribution in [0, 0.1) is 0 Å². The van der Waals surface area contributed by atoms with Gasteiger partial charge in [0.25, 0.3) is 0 Å². The first kappa shape index (κ1) is 12.4. The lowest BCUT2D eigenvalue weighted by molar-refractivity contribution is 0.567. The normalized spacial score (nSPS) is 21.1. The van der Waals surface area contributed by atoms with Gasteiger partial charge in [-0.2, -0.15) is 15.0 Å². The summed E-state index contributed by atoms with van der Waals surface area (Å²) in [7, 11) is 0. The van der Waals surface area contributed by atoms with Crippen molar-refractivity contribution in [2.45, 2.75) is 44.6 Å². The largest absolute Gasteiger partial charge is 0.349 e. The molecule has 7 nitrogen and oxygen atoms in total. The Hall–Kier alpha value is -1.63. The predicted octanol–water partition coefficient (Wildman–Crippen LogP) is 1.11. The molecule has 2 fully saturated rings. The summed E-state index contributed by atoms with van der Waals surface area (Å²) in [4.78, 5) is 15.4. The van der Waals surface area contributed by atoms with Crippen LogP contribution in [0.15, 0.2) is 0 Å². The van der Waals surface area contributed by atoms with Crippen molar-refractivity contribution in [3.63, 3.8) is 0 Å². The van der Waals surface area contributed by atoms with E-state index in [9.17, 15) is 0 Å². The van der Waals surface area contributed by atoms with Gasteiger partial charge in [-0.3, -0.25) is 5.43 Å². The molecule has 2 aliphatic rings. The Kier molecular flexibility index (Phi) is 3.14. The third kappa shape index (κ3) is 2.86. The fraction of sp³-hybridized carbons (Fsp3) is 0.750. The molecule has 0 aromatic carbocycles. The number of nitrogens with one attached hydrogen (secondary N) is 2. The Balaban J connectivity index is 1.83. The first-order chi connectivity index (χ1) is 9.18. The zero-order chi connectivity index (χ0) is 13.3. The first-order valence-corrected chi connectivity index (χ1v) is 6.94. The van der Waals surface area contributed by atoms with Crippen LogP contribution in [0.3, 0.4) is 0 Å². The summed E-state index contributed by atoms with van der Waals surface area (Å²) in [5, 5.41) is 3.36. The average Bonchev–Trinajstić information content (AvgIpc) is 3.16. The molecule has 1 aliphatic heterocycles. The monoisotopic (exact) mass is 263 g/mol. The van der Waals surface area contributed by atoms with Crippen LogP contribution in [-0.4, -0.2) is 33.6 Å². The van der Waals surface area contributed by atoms with Gasteiger partial charge < -0.3 is 10.2 Å². The highest BCUT2D eigenvalue weighted by atomic mass is 15.4. The highest BCUT2D eigenvalue weighted by Crippen LogP contribution is 2.37. The number of hydrogen-bond donors (Lipinski definition) is 3.